The van der Waals surface area contributed by atoms with Crippen molar-refractivity contribution in [2.24, 2.45) is 0 Å². The van der Waals surface area contributed by atoms with Gasteiger partial charge in [-0.05, 0) is 25.5 Å². The van der Waals surface area contributed by atoms with Gasteiger partial charge >= 0.3 is 6.03 Å². The lowest BCUT2D eigenvalue weighted by molar-refractivity contribution is 0.118. The lowest BCUT2D eigenvalue weighted by Crippen LogP contribution is -2.50. The van der Waals surface area contributed by atoms with Crippen molar-refractivity contribution in [1.29, 1.82) is 0 Å². The summed E-state index contributed by atoms with van der Waals surface area (Å²) in [6.07, 6.45) is 2.65. The Labute approximate surface area is 145 Å². The summed E-state index contributed by atoms with van der Waals surface area (Å²) in [6, 6.07) is 6.14. The molecule has 24 heavy (non-hydrogen) atoms. The van der Waals surface area contributed by atoms with E-state index < -0.39 is 0 Å². The Morgan fingerprint density at radius 1 is 1.29 bits per heavy atom. The summed E-state index contributed by atoms with van der Waals surface area (Å²) in [4.78, 5) is 20.9. The summed E-state index contributed by atoms with van der Waals surface area (Å²) in [6.45, 7) is 7.24. The van der Waals surface area contributed by atoms with Crippen molar-refractivity contribution in [2.45, 2.75) is 26.3 Å². The molecule has 1 fully saturated rings. The van der Waals surface area contributed by atoms with Gasteiger partial charge in [-0.3, -0.25) is 15.2 Å². The van der Waals surface area contributed by atoms with Crippen molar-refractivity contribution < 1.29 is 4.79 Å². The Morgan fingerprint density at radius 2 is 2.08 bits per heavy atom. The summed E-state index contributed by atoms with van der Waals surface area (Å²) < 4.78 is 0. The largest absolute Gasteiger partial charge is 0.323 e. The summed E-state index contributed by atoms with van der Waals surface area (Å²) in [7, 11) is 0. The van der Waals surface area contributed by atoms with E-state index in [0.717, 1.165) is 30.2 Å². The molecule has 0 aliphatic carbocycles. The third kappa shape index (κ3) is 3.88. The third-order valence-corrected chi connectivity index (χ3v) is 5.23. The molecule has 0 unspecified atom stereocenters. The molecule has 7 nitrogen and oxygen atoms in total. The maximum Gasteiger partial charge on any atom is 0.323 e. The molecule has 0 radical (unpaired) electrons. The molecule has 1 aliphatic rings. The number of nitrogens with zero attached hydrogens (tertiary/aromatic N) is 5. The standard InChI is InChI=1S/C16H22N6OS/c1-3-14-19-20-15(24-14)18-16(23)22-10-8-21(9-11-22)12(2)13-6-4-5-7-17-13/h4-7,12H,3,8-11H2,1-2H3,(H,18,20,23)/t12-/m0/s1. The highest BCUT2D eigenvalue weighted by Gasteiger charge is 2.25. The zero-order valence-corrected chi connectivity index (χ0v) is 14.8. The third-order valence-electron chi connectivity index (χ3n) is 4.25. The van der Waals surface area contributed by atoms with Gasteiger partial charge in [-0.25, -0.2) is 4.79 Å². The van der Waals surface area contributed by atoms with Crippen LogP contribution >= 0.6 is 11.3 Å². The normalized spacial score (nSPS) is 16.8. The molecule has 3 heterocycles. The van der Waals surface area contributed by atoms with Crippen LogP contribution in [0, 0.1) is 0 Å². The van der Waals surface area contributed by atoms with Crippen molar-refractivity contribution in [2.75, 3.05) is 31.5 Å². The van der Waals surface area contributed by atoms with E-state index in [1.807, 2.05) is 36.2 Å². The highest BCUT2D eigenvalue weighted by Crippen LogP contribution is 2.20. The molecule has 0 bridgehead atoms. The number of pyridine rings is 1. The molecular formula is C16H22N6OS. The molecular weight excluding hydrogens is 324 g/mol. The van der Waals surface area contributed by atoms with Crippen LogP contribution in [0.2, 0.25) is 0 Å². The molecule has 1 saturated heterocycles. The van der Waals surface area contributed by atoms with Gasteiger partial charge in [-0.1, -0.05) is 24.3 Å². The fourth-order valence-electron chi connectivity index (χ4n) is 2.74. The number of aromatic nitrogens is 3. The maximum absolute atomic E-state index is 12.3. The smallest absolute Gasteiger partial charge is 0.322 e. The highest BCUT2D eigenvalue weighted by atomic mass is 32.1. The number of anilines is 1. The van der Waals surface area contributed by atoms with Crippen LogP contribution in [0.1, 0.15) is 30.6 Å². The SMILES string of the molecule is CCc1nnc(NC(=O)N2CCN([C@@H](C)c3ccccn3)CC2)s1. The van der Waals surface area contributed by atoms with Crippen LogP contribution in [0.25, 0.3) is 0 Å². The van der Waals surface area contributed by atoms with Gasteiger partial charge in [-0.15, -0.1) is 10.2 Å². The van der Waals surface area contributed by atoms with Gasteiger partial charge < -0.3 is 4.90 Å². The highest BCUT2D eigenvalue weighted by molar-refractivity contribution is 7.15. The van der Waals surface area contributed by atoms with Crippen LogP contribution in [-0.4, -0.2) is 57.2 Å². The van der Waals surface area contributed by atoms with E-state index in [4.69, 9.17) is 0 Å². The molecule has 2 aromatic rings. The minimum Gasteiger partial charge on any atom is -0.322 e. The first-order valence-corrected chi connectivity index (χ1v) is 9.02. The second-order valence-corrected chi connectivity index (χ2v) is 6.80. The number of urea groups is 1. The summed E-state index contributed by atoms with van der Waals surface area (Å²) in [5, 5.41) is 12.4. The lowest BCUT2D eigenvalue weighted by atomic mass is 10.1. The van der Waals surface area contributed by atoms with E-state index in [0.29, 0.717) is 18.2 Å². The number of aryl methyl sites for hydroxylation is 1. The van der Waals surface area contributed by atoms with Crippen molar-refractivity contribution >= 4 is 22.5 Å². The van der Waals surface area contributed by atoms with Crippen LogP contribution < -0.4 is 5.32 Å². The van der Waals surface area contributed by atoms with Crippen LogP contribution in [0.15, 0.2) is 24.4 Å². The molecule has 0 saturated carbocycles. The van der Waals surface area contributed by atoms with Gasteiger partial charge in [-0.2, -0.15) is 0 Å². The molecule has 2 amide bonds. The van der Waals surface area contributed by atoms with Crippen molar-refractivity contribution in [3.8, 4) is 0 Å². The molecule has 0 aromatic carbocycles. The fraction of sp³-hybridized carbons (Fsp3) is 0.500. The van der Waals surface area contributed by atoms with Crippen LogP contribution in [-0.2, 0) is 6.42 Å². The maximum atomic E-state index is 12.3. The average Bonchev–Trinajstić information content (AvgIpc) is 3.09. The van der Waals surface area contributed by atoms with Crippen LogP contribution in [0.3, 0.4) is 0 Å². The van der Waals surface area contributed by atoms with E-state index in [1.54, 1.807) is 0 Å². The fourth-order valence-corrected chi connectivity index (χ4v) is 3.41. The Hall–Kier alpha value is -2.06. The summed E-state index contributed by atoms with van der Waals surface area (Å²) in [5.74, 6) is 0. The first-order chi connectivity index (χ1) is 11.7. The first-order valence-electron chi connectivity index (χ1n) is 8.20. The number of carbonyl (C=O) groups excluding carboxylic acids is 1. The monoisotopic (exact) mass is 346 g/mol. The van der Waals surface area contributed by atoms with E-state index >= 15 is 0 Å². The van der Waals surface area contributed by atoms with Crippen molar-refractivity contribution in [3.63, 3.8) is 0 Å². The number of hydrogen-bond acceptors (Lipinski definition) is 6. The van der Waals surface area contributed by atoms with Gasteiger partial charge in [0.2, 0.25) is 5.13 Å². The number of hydrogen-bond donors (Lipinski definition) is 1. The second-order valence-electron chi connectivity index (χ2n) is 5.74. The molecule has 3 rings (SSSR count). The van der Waals surface area contributed by atoms with Gasteiger partial charge in [0, 0.05) is 38.4 Å². The zero-order chi connectivity index (χ0) is 16.9. The molecule has 0 spiro atoms. The molecule has 2 aromatic heterocycles. The van der Waals surface area contributed by atoms with E-state index in [9.17, 15) is 4.79 Å². The van der Waals surface area contributed by atoms with Gasteiger partial charge in [0.1, 0.15) is 5.01 Å². The Morgan fingerprint density at radius 3 is 2.71 bits per heavy atom. The summed E-state index contributed by atoms with van der Waals surface area (Å²) in [5.41, 5.74) is 1.07. The number of carbonyl (C=O) groups is 1. The minimum absolute atomic E-state index is 0.0982. The molecule has 1 N–H and O–H groups in total. The van der Waals surface area contributed by atoms with Gasteiger partial charge in [0.15, 0.2) is 0 Å². The van der Waals surface area contributed by atoms with Crippen molar-refractivity contribution in [1.82, 2.24) is 25.0 Å². The zero-order valence-electron chi connectivity index (χ0n) is 14.0. The van der Waals surface area contributed by atoms with Crippen molar-refractivity contribution in [3.05, 3.63) is 35.1 Å². The first kappa shape index (κ1) is 16.8. The molecule has 1 atom stereocenters. The predicted molar refractivity (Wildman–Crippen MR) is 94.1 cm³/mol. The van der Waals surface area contributed by atoms with E-state index in [2.05, 4.69) is 32.3 Å². The Balaban J connectivity index is 1.52. The Bertz CT molecular complexity index is 668. The predicted octanol–water partition coefficient (Wildman–Crippen LogP) is 2.41. The van der Waals surface area contributed by atoms with E-state index in [-0.39, 0.29) is 12.1 Å². The van der Waals surface area contributed by atoms with Crippen LogP contribution in [0.5, 0.6) is 0 Å². The quantitative estimate of drug-likeness (QED) is 0.920. The Kier molecular flexibility index (Phi) is 5.37. The number of nitrogens with one attached hydrogen (secondary N) is 1. The topological polar surface area (TPSA) is 74.2 Å². The van der Waals surface area contributed by atoms with Gasteiger partial charge in [0.05, 0.1) is 5.69 Å². The molecule has 128 valence electrons. The lowest BCUT2D eigenvalue weighted by Gasteiger charge is -2.37. The number of piperazine rings is 1. The second kappa shape index (κ2) is 7.67. The van der Waals surface area contributed by atoms with Gasteiger partial charge in [0.25, 0.3) is 0 Å². The summed E-state index contributed by atoms with van der Waals surface area (Å²) >= 11 is 1.43. The van der Waals surface area contributed by atoms with Crippen LogP contribution in [0.4, 0.5) is 9.93 Å². The minimum atomic E-state index is -0.0982. The van der Waals surface area contributed by atoms with E-state index in [1.165, 1.54) is 11.3 Å². The average molecular weight is 346 g/mol. The number of amides is 2. The molecule has 8 heteroatoms. The molecule has 1 aliphatic heterocycles. The number of rotatable bonds is 4.